The predicted molar refractivity (Wildman–Crippen MR) is 79.0 cm³/mol. The fourth-order valence-corrected chi connectivity index (χ4v) is 3.60. The Balaban J connectivity index is 2.10. The lowest BCUT2D eigenvalue weighted by Crippen LogP contribution is -2.79. The monoisotopic (exact) mass is 308 g/mol. The Morgan fingerprint density at radius 3 is 2.71 bits per heavy atom. The van der Waals surface area contributed by atoms with Crippen molar-refractivity contribution in [1.82, 2.24) is 5.32 Å². The van der Waals surface area contributed by atoms with Crippen LogP contribution in [0, 0.1) is 5.92 Å². The molecule has 3 atom stereocenters. The van der Waals surface area contributed by atoms with E-state index in [1.165, 1.54) is 7.11 Å². The molecule has 0 spiro atoms. The van der Waals surface area contributed by atoms with Gasteiger partial charge in [-0.3, -0.25) is 14.9 Å². The first-order valence-corrected chi connectivity index (χ1v) is 7.22. The molecule has 6 heteroatoms. The quantitative estimate of drug-likeness (QED) is 0.511. The van der Waals surface area contributed by atoms with Crippen LogP contribution in [0.15, 0.2) is 30.3 Å². The lowest BCUT2D eigenvalue weighted by Gasteiger charge is -2.58. The Morgan fingerprint density at radius 2 is 2.10 bits per heavy atom. The maximum absolute atomic E-state index is 12.8. The van der Waals surface area contributed by atoms with E-state index in [4.69, 9.17) is 16.3 Å². The molecular formula is C15H17ClN2O3. The van der Waals surface area contributed by atoms with Gasteiger partial charge in [0.1, 0.15) is 0 Å². The molecule has 0 aliphatic carbocycles. The second-order valence-electron chi connectivity index (χ2n) is 5.77. The summed E-state index contributed by atoms with van der Waals surface area (Å²) >= 11 is 6.44. The van der Waals surface area contributed by atoms with Crippen LogP contribution in [0.5, 0.6) is 0 Å². The smallest absolute Gasteiger partial charge is 0.311 e. The minimum atomic E-state index is -1.24. The highest BCUT2D eigenvalue weighted by Crippen LogP contribution is 2.47. The van der Waals surface area contributed by atoms with Crippen molar-refractivity contribution in [2.75, 3.05) is 18.6 Å². The number of carbonyl (C=O) groups is 2. The molecule has 1 amide bonds. The van der Waals surface area contributed by atoms with Gasteiger partial charge in [0.15, 0.2) is 5.00 Å². The largest absolute Gasteiger partial charge is 0.469 e. The van der Waals surface area contributed by atoms with Gasteiger partial charge in [-0.2, -0.15) is 0 Å². The Morgan fingerprint density at radius 1 is 1.43 bits per heavy atom. The van der Waals surface area contributed by atoms with Crippen molar-refractivity contribution >= 4 is 29.2 Å². The third-order valence-corrected chi connectivity index (χ3v) is 4.97. The van der Waals surface area contributed by atoms with Crippen molar-refractivity contribution in [2.45, 2.75) is 23.9 Å². The maximum atomic E-state index is 12.8. The van der Waals surface area contributed by atoms with Crippen LogP contribution in [-0.2, 0) is 14.3 Å². The first-order chi connectivity index (χ1) is 9.92. The van der Waals surface area contributed by atoms with E-state index in [1.54, 1.807) is 4.90 Å². The molecule has 1 aromatic carbocycles. The number of nitrogens with one attached hydrogen (secondary N) is 1. The highest BCUT2D eigenvalue weighted by molar-refractivity contribution is 6.37. The molecule has 0 radical (unpaired) electrons. The number of alkyl halides is 1. The first kappa shape index (κ1) is 14.4. The average Bonchev–Trinajstić information content (AvgIpc) is 2.49. The second kappa shape index (κ2) is 4.71. The SMILES string of the molecule is COC(=O)[C@H]1C[C@@]2(Cl)NC[C@]1(C)N(c1ccccc1)C2=O. The van der Waals surface area contributed by atoms with Crippen molar-refractivity contribution in [3.05, 3.63) is 30.3 Å². The van der Waals surface area contributed by atoms with Gasteiger partial charge >= 0.3 is 5.97 Å². The molecule has 5 nitrogen and oxygen atoms in total. The predicted octanol–water partition coefficient (Wildman–Crippen LogP) is 1.51. The molecule has 2 bridgehead atoms. The minimum Gasteiger partial charge on any atom is -0.469 e. The summed E-state index contributed by atoms with van der Waals surface area (Å²) in [5.74, 6) is -1.01. The van der Waals surface area contributed by atoms with E-state index in [9.17, 15) is 9.59 Å². The van der Waals surface area contributed by atoms with Gasteiger partial charge in [-0.25, -0.2) is 0 Å². The fourth-order valence-electron chi connectivity index (χ4n) is 3.29. The third kappa shape index (κ3) is 1.95. The van der Waals surface area contributed by atoms with Crippen LogP contribution in [0.25, 0.3) is 0 Å². The van der Waals surface area contributed by atoms with E-state index in [-0.39, 0.29) is 18.3 Å². The molecule has 3 heterocycles. The molecule has 0 unspecified atom stereocenters. The van der Waals surface area contributed by atoms with Crippen LogP contribution in [0.3, 0.4) is 0 Å². The number of halogens is 1. The number of nitrogens with zero attached hydrogens (tertiary/aromatic N) is 1. The molecule has 3 aliphatic rings. The number of amides is 1. The molecule has 0 aromatic heterocycles. The van der Waals surface area contributed by atoms with Crippen molar-refractivity contribution in [1.29, 1.82) is 0 Å². The molecule has 3 fully saturated rings. The molecule has 3 aliphatic heterocycles. The molecule has 0 saturated carbocycles. The van der Waals surface area contributed by atoms with E-state index in [1.807, 2.05) is 37.3 Å². The maximum Gasteiger partial charge on any atom is 0.311 e. The van der Waals surface area contributed by atoms with Crippen LogP contribution in [0.2, 0.25) is 0 Å². The van der Waals surface area contributed by atoms with Gasteiger partial charge in [0, 0.05) is 18.7 Å². The number of methoxy groups -OCH3 is 1. The summed E-state index contributed by atoms with van der Waals surface area (Å²) in [6.45, 7) is 2.33. The van der Waals surface area contributed by atoms with Gasteiger partial charge in [0.2, 0.25) is 0 Å². The lowest BCUT2D eigenvalue weighted by molar-refractivity contribution is -0.153. The van der Waals surface area contributed by atoms with E-state index in [0.29, 0.717) is 6.54 Å². The average molecular weight is 309 g/mol. The van der Waals surface area contributed by atoms with Gasteiger partial charge in [0.25, 0.3) is 5.91 Å². The van der Waals surface area contributed by atoms with E-state index in [2.05, 4.69) is 5.32 Å². The zero-order valence-electron chi connectivity index (χ0n) is 11.9. The molecule has 112 valence electrons. The zero-order valence-corrected chi connectivity index (χ0v) is 12.7. The number of anilines is 1. The third-order valence-electron chi connectivity index (χ3n) is 4.52. The number of fused-ring (bicyclic) bond motifs is 3. The van der Waals surface area contributed by atoms with Gasteiger partial charge in [-0.15, -0.1) is 0 Å². The molecular weight excluding hydrogens is 292 g/mol. The van der Waals surface area contributed by atoms with Crippen molar-refractivity contribution in [3.8, 4) is 0 Å². The number of piperazine rings is 1. The van der Waals surface area contributed by atoms with Gasteiger partial charge in [-0.1, -0.05) is 29.8 Å². The van der Waals surface area contributed by atoms with Gasteiger partial charge < -0.3 is 9.64 Å². The number of para-hydroxylation sites is 1. The summed E-state index contributed by atoms with van der Waals surface area (Å²) in [4.78, 5) is 25.3. The first-order valence-electron chi connectivity index (χ1n) is 6.84. The minimum absolute atomic E-state index is 0.218. The number of rotatable bonds is 2. The summed E-state index contributed by atoms with van der Waals surface area (Å²) in [5, 5.41) is 3.06. The van der Waals surface area contributed by atoms with E-state index in [0.717, 1.165) is 5.69 Å². The van der Waals surface area contributed by atoms with Crippen molar-refractivity contribution in [3.63, 3.8) is 0 Å². The van der Waals surface area contributed by atoms with Crippen LogP contribution in [0.1, 0.15) is 13.3 Å². The van der Waals surface area contributed by atoms with Crippen LogP contribution in [0.4, 0.5) is 5.69 Å². The standard InChI is InChI=1S/C15H17ClN2O3/c1-14-9-17-15(16,8-11(14)12(19)21-2)13(20)18(14)10-6-4-3-5-7-10/h3-7,11,17H,8-9H2,1-2H3/t11-,14+,15-/m1/s1. The number of piperidine rings is 2. The summed E-state index contributed by atoms with van der Waals surface area (Å²) in [7, 11) is 1.36. The summed E-state index contributed by atoms with van der Waals surface area (Å²) in [6.07, 6.45) is 0.236. The Labute approximate surface area is 128 Å². The highest BCUT2D eigenvalue weighted by Gasteiger charge is 2.63. The molecule has 3 saturated heterocycles. The van der Waals surface area contributed by atoms with E-state index < -0.39 is 16.5 Å². The van der Waals surface area contributed by atoms with E-state index >= 15 is 0 Å². The van der Waals surface area contributed by atoms with Crippen LogP contribution in [-0.4, -0.2) is 36.1 Å². The molecule has 1 N–H and O–H groups in total. The Hall–Kier alpha value is -1.59. The number of hydrogen-bond donors (Lipinski definition) is 1. The number of benzene rings is 1. The highest BCUT2D eigenvalue weighted by atomic mass is 35.5. The van der Waals surface area contributed by atoms with Crippen molar-refractivity contribution in [2.24, 2.45) is 5.92 Å². The number of ether oxygens (including phenoxy) is 1. The normalized spacial score (nSPS) is 34.9. The number of esters is 1. The summed E-state index contributed by atoms with van der Waals surface area (Å²) in [6, 6.07) is 9.29. The summed E-state index contributed by atoms with van der Waals surface area (Å²) in [5.41, 5.74) is 0.0486. The zero-order chi connectivity index (χ0) is 15.3. The van der Waals surface area contributed by atoms with Gasteiger partial charge in [-0.05, 0) is 19.1 Å². The van der Waals surface area contributed by atoms with Crippen LogP contribution < -0.4 is 10.2 Å². The lowest BCUT2D eigenvalue weighted by atomic mass is 9.71. The molecule has 4 rings (SSSR count). The Kier molecular flexibility index (Phi) is 3.22. The number of hydrogen-bond acceptors (Lipinski definition) is 4. The summed E-state index contributed by atoms with van der Waals surface area (Å²) < 4.78 is 4.91. The second-order valence-corrected chi connectivity index (χ2v) is 6.41. The molecule has 21 heavy (non-hydrogen) atoms. The Bertz CT molecular complexity index is 594. The van der Waals surface area contributed by atoms with Gasteiger partial charge in [0.05, 0.1) is 18.6 Å². The molecule has 1 aromatic rings. The van der Waals surface area contributed by atoms with Crippen LogP contribution >= 0.6 is 11.6 Å². The van der Waals surface area contributed by atoms with Crippen molar-refractivity contribution < 1.29 is 14.3 Å². The fraction of sp³-hybridized carbons (Fsp3) is 0.467. The number of carbonyl (C=O) groups excluding carboxylic acids is 2. The topological polar surface area (TPSA) is 58.6 Å².